The Morgan fingerprint density at radius 1 is 1.07 bits per heavy atom. The van der Waals surface area contributed by atoms with Crippen molar-refractivity contribution in [2.45, 2.75) is 52.5 Å². The van der Waals surface area contributed by atoms with Gasteiger partial charge < -0.3 is 15.2 Å². The summed E-state index contributed by atoms with van der Waals surface area (Å²) in [5.41, 5.74) is 5.63. The highest BCUT2D eigenvalue weighted by molar-refractivity contribution is 5.83. The van der Waals surface area contributed by atoms with Gasteiger partial charge in [0, 0.05) is 13.2 Å². The fourth-order valence-corrected chi connectivity index (χ4v) is 4.21. The van der Waals surface area contributed by atoms with Gasteiger partial charge in [0.15, 0.2) is 0 Å². The number of rotatable bonds is 7. The Labute approximate surface area is 174 Å². The fraction of sp³-hybridized carbons (Fsp3) is 0.480. The smallest absolute Gasteiger partial charge is 0.227 e. The normalized spacial score (nSPS) is 17.0. The molecule has 0 saturated carbocycles. The first-order chi connectivity index (χ1) is 14.0. The minimum absolute atomic E-state index is 0.0283. The SMILES string of the molecule is CCC(CO)NC(=O)C1(Cc2ccc(-c3cc(C)cc(C)c3)cc2)CCOCC1. The van der Waals surface area contributed by atoms with Crippen molar-refractivity contribution in [3.8, 4) is 11.1 Å². The molecule has 1 unspecified atom stereocenters. The van der Waals surface area contributed by atoms with E-state index in [-0.39, 0.29) is 18.6 Å². The summed E-state index contributed by atoms with van der Waals surface area (Å²) >= 11 is 0. The van der Waals surface area contributed by atoms with Gasteiger partial charge in [0.2, 0.25) is 5.91 Å². The van der Waals surface area contributed by atoms with Crippen molar-refractivity contribution < 1.29 is 14.6 Å². The van der Waals surface area contributed by atoms with E-state index < -0.39 is 5.41 Å². The van der Waals surface area contributed by atoms with Crippen LogP contribution in [-0.4, -0.2) is 36.9 Å². The lowest BCUT2D eigenvalue weighted by Crippen LogP contribution is -2.50. The largest absolute Gasteiger partial charge is 0.394 e. The number of hydrogen-bond donors (Lipinski definition) is 2. The number of aliphatic hydroxyl groups is 1. The Morgan fingerprint density at radius 2 is 1.69 bits per heavy atom. The molecular weight excluding hydrogens is 362 g/mol. The minimum atomic E-state index is -0.470. The monoisotopic (exact) mass is 395 g/mol. The van der Waals surface area contributed by atoms with E-state index in [1.165, 1.54) is 22.3 Å². The van der Waals surface area contributed by atoms with E-state index in [0.717, 1.165) is 12.0 Å². The Bertz CT molecular complexity index is 798. The standard InChI is InChI=1S/C25H33NO3/c1-4-23(17-27)26-24(28)25(9-11-29-12-10-25)16-20-5-7-21(8-6-20)22-14-18(2)13-19(3)15-22/h5-8,13-15,23,27H,4,9-12,16-17H2,1-3H3,(H,26,28). The molecule has 2 aromatic rings. The second kappa shape index (κ2) is 9.55. The Morgan fingerprint density at radius 3 is 2.24 bits per heavy atom. The average Bonchev–Trinajstić information content (AvgIpc) is 2.72. The van der Waals surface area contributed by atoms with Crippen molar-refractivity contribution in [2.75, 3.05) is 19.8 Å². The minimum Gasteiger partial charge on any atom is -0.394 e. The topological polar surface area (TPSA) is 58.6 Å². The van der Waals surface area contributed by atoms with Gasteiger partial charge in [-0.3, -0.25) is 4.79 Å². The summed E-state index contributed by atoms with van der Waals surface area (Å²) in [5, 5.41) is 12.5. The summed E-state index contributed by atoms with van der Waals surface area (Å²) in [6.07, 6.45) is 2.83. The summed E-state index contributed by atoms with van der Waals surface area (Å²) in [4.78, 5) is 13.1. The van der Waals surface area contributed by atoms with Gasteiger partial charge in [-0.1, -0.05) is 60.5 Å². The van der Waals surface area contributed by atoms with Crippen LogP contribution in [0.1, 0.15) is 42.9 Å². The maximum Gasteiger partial charge on any atom is 0.227 e. The lowest BCUT2D eigenvalue weighted by molar-refractivity contribution is -0.137. The number of aryl methyl sites for hydroxylation is 2. The van der Waals surface area contributed by atoms with Crippen LogP contribution in [-0.2, 0) is 16.0 Å². The van der Waals surface area contributed by atoms with Crippen molar-refractivity contribution >= 4 is 5.91 Å². The molecule has 0 spiro atoms. The molecule has 4 heteroatoms. The summed E-state index contributed by atoms with van der Waals surface area (Å²) in [6.45, 7) is 7.39. The number of aliphatic hydroxyl groups excluding tert-OH is 1. The van der Waals surface area contributed by atoms with Gasteiger partial charge in [-0.05, 0) is 56.2 Å². The summed E-state index contributed by atoms with van der Waals surface area (Å²) in [6, 6.07) is 15.0. The number of carbonyl (C=O) groups excluding carboxylic acids is 1. The number of ether oxygens (including phenoxy) is 1. The molecule has 2 N–H and O–H groups in total. The average molecular weight is 396 g/mol. The first kappa shape index (κ1) is 21.5. The molecule has 3 rings (SSSR count). The summed E-state index contributed by atoms with van der Waals surface area (Å²) < 4.78 is 5.54. The predicted molar refractivity (Wildman–Crippen MR) is 117 cm³/mol. The van der Waals surface area contributed by atoms with Crippen LogP contribution in [0, 0.1) is 19.3 Å². The molecule has 1 fully saturated rings. The van der Waals surface area contributed by atoms with Crippen molar-refractivity contribution in [3.63, 3.8) is 0 Å². The van der Waals surface area contributed by atoms with Gasteiger partial charge in [-0.15, -0.1) is 0 Å². The Kier molecular flexibility index (Phi) is 7.09. The molecule has 0 aromatic heterocycles. The number of carbonyl (C=O) groups is 1. The summed E-state index contributed by atoms with van der Waals surface area (Å²) in [7, 11) is 0. The van der Waals surface area contributed by atoms with Crippen LogP contribution in [0.25, 0.3) is 11.1 Å². The molecule has 156 valence electrons. The third-order valence-electron chi connectivity index (χ3n) is 6.03. The van der Waals surface area contributed by atoms with E-state index in [9.17, 15) is 9.90 Å². The molecule has 1 amide bonds. The molecule has 1 heterocycles. The third-order valence-corrected chi connectivity index (χ3v) is 6.03. The quantitative estimate of drug-likeness (QED) is 0.739. The lowest BCUT2D eigenvalue weighted by atomic mass is 9.74. The van der Waals surface area contributed by atoms with Gasteiger partial charge in [0.25, 0.3) is 0 Å². The maximum atomic E-state index is 13.1. The molecule has 1 aliphatic rings. The summed E-state index contributed by atoms with van der Waals surface area (Å²) in [5.74, 6) is 0.0417. The van der Waals surface area contributed by atoms with Crippen LogP contribution in [0.4, 0.5) is 0 Å². The first-order valence-electron chi connectivity index (χ1n) is 10.6. The van der Waals surface area contributed by atoms with Crippen molar-refractivity contribution in [1.82, 2.24) is 5.32 Å². The van der Waals surface area contributed by atoms with Crippen LogP contribution < -0.4 is 5.32 Å². The van der Waals surface area contributed by atoms with Crippen molar-refractivity contribution in [2.24, 2.45) is 5.41 Å². The third kappa shape index (κ3) is 5.26. The maximum absolute atomic E-state index is 13.1. The van der Waals surface area contributed by atoms with Gasteiger partial charge in [0.1, 0.15) is 0 Å². The number of benzene rings is 2. The number of nitrogens with one attached hydrogen (secondary N) is 1. The zero-order valence-corrected chi connectivity index (χ0v) is 17.8. The highest BCUT2D eigenvalue weighted by Gasteiger charge is 2.40. The molecule has 1 atom stereocenters. The fourth-order valence-electron chi connectivity index (χ4n) is 4.21. The predicted octanol–water partition coefficient (Wildman–Crippen LogP) is 4.20. The number of hydrogen-bond acceptors (Lipinski definition) is 3. The highest BCUT2D eigenvalue weighted by atomic mass is 16.5. The second-order valence-electron chi connectivity index (χ2n) is 8.40. The van der Waals surface area contributed by atoms with Crippen LogP contribution in [0.5, 0.6) is 0 Å². The van der Waals surface area contributed by atoms with Crippen molar-refractivity contribution in [3.05, 3.63) is 59.2 Å². The second-order valence-corrected chi connectivity index (χ2v) is 8.40. The van der Waals surface area contributed by atoms with Gasteiger partial charge >= 0.3 is 0 Å². The van der Waals surface area contributed by atoms with E-state index in [1.807, 2.05) is 6.92 Å². The Hall–Kier alpha value is -2.17. The molecule has 29 heavy (non-hydrogen) atoms. The molecule has 0 radical (unpaired) electrons. The molecular formula is C25H33NO3. The van der Waals surface area contributed by atoms with Crippen molar-refractivity contribution in [1.29, 1.82) is 0 Å². The van der Waals surface area contributed by atoms with E-state index in [1.54, 1.807) is 0 Å². The zero-order chi connectivity index (χ0) is 20.9. The van der Waals surface area contributed by atoms with Gasteiger partial charge in [0.05, 0.1) is 18.1 Å². The van der Waals surface area contributed by atoms with Crippen LogP contribution in [0.15, 0.2) is 42.5 Å². The van der Waals surface area contributed by atoms with Crippen LogP contribution in [0.3, 0.4) is 0 Å². The van der Waals surface area contributed by atoms with E-state index in [0.29, 0.717) is 32.5 Å². The Balaban J connectivity index is 1.80. The van der Waals surface area contributed by atoms with Crippen LogP contribution >= 0.6 is 0 Å². The van der Waals surface area contributed by atoms with Crippen LogP contribution in [0.2, 0.25) is 0 Å². The van der Waals surface area contributed by atoms with E-state index in [4.69, 9.17) is 4.74 Å². The van der Waals surface area contributed by atoms with E-state index >= 15 is 0 Å². The number of amides is 1. The highest BCUT2D eigenvalue weighted by Crippen LogP contribution is 2.35. The zero-order valence-electron chi connectivity index (χ0n) is 17.8. The van der Waals surface area contributed by atoms with Gasteiger partial charge in [-0.2, -0.15) is 0 Å². The molecule has 4 nitrogen and oxygen atoms in total. The molecule has 1 saturated heterocycles. The molecule has 0 bridgehead atoms. The molecule has 1 aliphatic heterocycles. The lowest BCUT2D eigenvalue weighted by Gasteiger charge is -2.37. The molecule has 0 aliphatic carbocycles. The first-order valence-corrected chi connectivity index (χ1v) is 10.6. The van der Waals surface area contributed by atoms with Gasteiger partial charge in [-0.25, -0.2) is 0 Å². The van der Waals surface area contributed by atoms with E-state index in [2.05, 4.69) is 61.6 Å². The molecule has 2 aromatic carbocycles.